The molecule has 0 radical (unpaired) electrons. The standard InChI is InChI=1S/C24H25N5O3/c1-16(2)17-8-10-18(11-9-17)20-14-21(29(27-20)19-6-4-3-5-7-19)25-23(31)15-28-13-12-22(30)26-24(28)32/h3-11,14,16H,12-13,15H2,1-2H3,(H,25,31)(H,26,30,32). The summed E-state index contributed by atoms with van der Waals surface area (Å²) >= 11 is 0. The van der Waals surface area contributed by atoms with Gasteiger partial charge in [0.15, 0.2) is 0 Å². The van der Waals surface area contributed by atoms with Gasteiger partial charge in [0.2, 0.25) is 11.8 Å². The molecule has 0 atom stereocenters. The third-order valence-electron chi connectivity index (χ3n) is 5.33. The molecule has 2 heterocycles. The molecule has 1 aliphatic rings. The molecule has 1 saturated heterocycles. The van der Waals surface area contributed by atoms with Gasteiger partial charge in [-0.05, 0) is 23.6 Å². The summed E-state index contributed by atoms with van der Waals surface area (Å²) in [6.45, 7) is 4.34. The van der Waals surface area contributed by atoms with Crippen molar-refractivity contribution in [1.29, 1.82) is 0 Å². The van der Waals surface area contributed by atoms with Crippen molar-refractivity contribution >= 4 is 23.7 Å². The van der Waals surface area contributed by atoms with Crippen LogP contribution in [-0.2, 0) is 9.59 Å². The van der Waals surface area contributed by atoms with Crippen LogP contribution in [0.25, 0.3) is 16.9 Å². The fourth-order valence-electron chi connectivity index (χ4n) is 3.52. The molecule has 8 nitrogen and oxygen atoms in total. The Morgan fingerprint density at radius 1 is 1.09 bits per heavy atom. The van der Waals surface area contributed by atoms with Gasteiger partial charge in [0.1, 0.15) is 12.4 Å². The van der Waals surface area contributed by atoms with Crippen molar-refractivity contribution < 1.29 is 14.4 Å². The normalized spacial score (nSPS) is 13.9. The number of benzene rings is 2. The number of anilines is 1. The molecule has 1 aliphatic heterocycles. The molecule has 8 heteroatoms. The number of nitrogens with zero attached hydrogens (tertiary/aromatic N) is 3. The topological polar surface area (TPSA) is 96.3 Å². The Morgan fingerprint density at radius 2 is 1.81 bits per heavy atom. The Labute approximate surface area is 186 Å². The van der Waals surface area contributed by atoms with E-state index in [0.29, 0.717) is 11.7 Å². The number of amides is 4. The van der Waals surface area contributed by atoms with Gasteiger partial charge in [-0.25, -0.2) is 9.48 Å². The lowest BCUT2D eigenvalue weighted by molar-refractivity contribution is -0.123. The first-order chi connectivity index (χ1) is 15.4. The van der Waals surface area contributed by atoms with Gasteiger partial charge >= 0.3 is 6.03 Å². The molecule has 0 saturated carbocycles. The van der Waals surface area contributed by atoms with E-state index in [0.717, 1.165) is 16.9 Å². The number of rotatable bonds is 6. The largest absolute Gasteiger partial charge is 0.324 e. The third-order valence-corrected chi connectivity index (χ3v) is 5.33. The van der Waals surface area contributed by atoms with Crippen molar-refractivity contribution in [2.24, 2.45) is 0 Å². The zero-order valence-electron chi connectivity index (χ0n) is 18.0. The van der Waals surface area contributed by atoms with Gasteiger partial charge in [-0.3, -0.25) is 14.9 Å². The highest BCUT2D eigenvalue weighted by Crippen LogP contribution is 2.26. The van der Waals surface area contributed by atoms with Gasteiger partial charge in [-0.1, -0.05) is 56.3 Å². The lowest BCUT2D eigenvalue weighted by Gasteiger charge is -2.25. The average molecular weight is 431 g/mol. The van der Waals surface area contributed by atoms with Crippen molar-refractivity contribution in [1.82, 2.24) is 20.0 Å². The Bertz CT molecular complexity index is 1140. The van der Waals surface area contributed by atoms with Crippen LogP contribution in [0.2, 0.25) is 0 Å². The fraction of sp³-hybridized carbons (Fsp3) is 0.250. The Morgan fingerprint density at radius 3 is 2.47 bits per heavy atom. The van der Waals surface area contributed by atoms with E-state index in [1.54, 1.807) is 4.68 Å². The van der Waals surface area contributed by atoms with Gasteiger partial charge in [0.05, 0.1) is 11.4 Å². The number of urea groups is 1. The maximum atomic E-state index is 12.7. The summed E-state index contributed by atoms with van der Waals surface area (Å²) < 4.78 is 1.67. The molecule has 164 valence electrons. The zero-order valence-corrected chi connectivity index (χ0v) is 18.0. The second-order valence-corrected chi connectivity index (χ2v) is 8.01. The molecule has 0 bridgehead atoms. The molecule has 2 aromatic carbocycles. The van der Waals surface area contributed by atoms with Crippen LogP contribution < -0.4 is 10.6 Å². The number of hydrogen-bond acceptors (Lipinski definition) is 4. The predicted molar refractivity (Wildman–Crippen MR) is 121 cm³/mol. The predicted octanol–water partition coefficient (Wildman–Crippen LogP) is 3.54. The first-order valence-electron chi connectivity index (χ1n) is 10.5. The highest BCUT2D eigenvalue weighted by Gasteiger charge is 2.25. The number of carbonyl (C=O) groups is 3. The van der Waals surface area contributed by atoms with Crippen LogP contribution in [0.3, 0.4) is 0 Å². The van der Waals surface area contributed by atoms with E-state index >= 15 is 0 Å². The van der Waals surface area contributed by atoms with Crippen LogP contribution in [0.5, 0.6) is 0 Å². The van der Waals surface area contributed by atoms with Crippen molar-refractivity contribution in [2.45, 2.75) is 26.2 Å². The van der Waals surface area contributed by atoms with Crippen LogP contribution in [0.15, 0.2) is 60.7 Å². The molecule has 2 N–H and O–H groups in total. The summed E-state index contributed by atoms with van der Waals surface area (Å²) in [5, 5.41) is 9.80. The van der Waals surface area contributed by atoms with Crippen molar-refractivity contribution in [3.05, 3.63) is 66.2 Å². The van der Waals surface area contributed by atoms with Gasteiger partial charge in [-0.15, -0.1) is 0 Å². The Kier molecular flexibility index (Phi) is 6.02. The first-order valence-corrected chi connectivity index (χ1v) is 10.5. The second kappa shape index (κ2) is 9.05. The van der Waals surface area contributed by atoms with Crippen LogP contribution in [-0.4, -0.2) is 45.6 Å². The molecule has 4 amide bonds. The molecule has 1 aromatic heterocycles. The SMILES string of the molecule is CC(C)c1ccc(-c2cc(NC(=O)CN3CCC(=O)NC3=O)n(-c3ccccc3)n2)cc1. The summed E-state index contributed by atoms with van der Waals surface area (Å²) in [6.07, 6.45) is 0.178. The molecule has 0 unspecified atom stereocenters. The van der Waals surface area contributed by atoms with Crippen LogP contribution in [0.1, 0.15) is 31.7 Å². The summed E-state index contributed by atoms with van der Waals surface area (Å²) in [5.41, 5.74) is 3.70. The highest BCUT2D eigenvalue weighted by atomic mass is 16.2. The summed E-state index contributed by atoms with van der Waals surface area (Å²) in [7, 11) is 0. The van der Waals surface area contributed by atoms with Gasteiger partial charge in [-0.2, -0.15) is 5.10 Å². The molecular weight excluding hydrogens is 406 g/mol. The number of carbonyl (C=O) groups excluding carboxylic acids is 3. The van der Waals surface area contributed by atoms with Gasteiger partial charge in [0.25, 0.3) is 0 Å². The van der Waals surface area contributed by atoms with Gasteiger partial charge < -0.3 is 10.2 Å². The van der Waals surface area contributed by atoms with E-state index in [2.05, 4.69) is 36.6 Å². The van der Waals surface area contributed by atoms with Crippen LogP contribution >= 0.6 is 0 Å². The summed E-state index contributed by atoms with van der Waals surface area (Å²) in [6, 6.07) is 19.0. The molecule has 0 aliphatic carbocycles. The second-order valence-electron chi connectivity index (χ2n) is 8.01. The molecule has 3 aromatic rings. The van der Waals surface area contributed by atoms with E-state index in [9.17, 15) is 14.4 Å². The van der Waals surface area contributed by atoms with Gasteiger partial charge in [0, 0.05) is 24.6 Å². The third kappa shape index (κ3) is 4.69. The van der Waals surface area contributed by atoms with E-state index < -0.39 is 6.03 Å². The Balaban J connectivity index is 1.59. The van der Waals surface area contributed by atoms with Crippen molar-refractivity contribution in [3.8, 4) is 16.9 Å². The lowest BCUT2D eigenvalue weighted by atomic mass is 10.0. The quantitative estimate of drug-likeness (QED) is 0.624. The number of hydrogen-bond donors (Lipinski definition) is 2. The van der Waals surface area contributed by atoms with Crippen molar-refractivity contribution in [3.63, 3.8) is 0 Å². The summed E-state index contributed by atoms with van der Waals surface area (Å²) in [5.74, 6) is 0.232. The van der Waals surface area contributed by atoms with Crippen molar-refractivity contribution in [2.75, 3.05) is 18.4 Å². The summed E-state index contributed by atoms with van der Waals surface area (Å²) in [4.78, 5) is 37.3. The molecule has 1 fully saturated rings. The minimum Gasteiger partial charge on any atom is -0.315 e. The number of aromatic nitrogens is 2. The van der Waals surface area contributed by atoms with E-state index in [1.807, 2.05) is 48.5 Å². The molecule has 32 heavy (non-hydrogen) atoms. The number of para-hydroxylation sites is 1. The van der Waals surface area contributed by atoms with Crippen LogP contribution in [0, 0.1) is 0 Å². The fourth-order valence-corrected chi connectivity index (χ4v) is 3.52. The molecular formula is C24H25N5O3. The molecule has 4 rings (SSSR count). The zero-order chi connectivity index (χ0) is 22.7. The minimum atomic E-state index is -0.557. The maximum Gasteiger partial charge on any atom is 0.324 e. The minimum absolute atomic E-state index is 0.155. The Hall–Kier alpha value is -3.94. The smallest absolute Gasteiger partial charge is 0.315 e. The highest BCUT2D eigenvalue weighted by molar-refractivity contribution is 6.00. The monoisotopic (exact) mass is 431 g/mol. The maximum absolute atomic E-state index is 12.7. The number of imide groups is 1. The van der Waals surface area contributed by atoms with E-state index in [4.69, 9.17) is 5.10 Å². The lowest BCUT2D eigenvalue weighted by Crippen LogP contribution is -2.51. The first kappa shape index (κ1) is 21.3. The molecule has 0 spiro atoms. The number of nitrogens with one attached hydrogen (secondary N) is 2. The van der Waals surface area contributed by atoms with E-state index in [-0.39, 0.29) is 31.3 Å². The van der Waals surface area contributed by atoms with E-state index in [1.165, 1.54) is 10.5 Å². The van der Waals surface area contributed by atoms with Crippen LogP contribution in [0.4, 0.5) is 10.6 Å². The average Bonchev–Trinajstić information content (AvgIpc) is 3.20.